The van der Waals surface area contributed by atoms with Gasteiger partial charge in [0.15, 0.2) is 0 Å². The molecular formula is O2SiTi+4. The first-order valence-corrected chi connectivity index (χ1v) is 0.612. The fourth-order valence-corrected chi connectivity index (χ4v) is 0. The van der Waals surface area contributed by atoms with Crippen molar-refractivity contribution in [3.8, 4) is 0 Å². The summed E-state index contributed by atoms with van der Waals surface area (Å²) < 4.78 is 8.06. The van der Waals surface area contributed by atoms with Gasteiger partial charge in [-0.25, -0.2) is 0 Å². The van der Waals surface area contributed by atoms with Crippen molar-refractivity contribution < 1.29 is 31.7 Å². The minimum Gasteiger partial charge on any atom is -2.00 e. The van der Waals surface area contributed by atoms with Crippen LogP contribution in [0.5, 0.6) is 0 Å². The van der Waals surface area contributed by atoms with E-state index in [0.717, 1.165) is 0 Å². The van der Waals surface area contributed by atoms with Gasteiger partial charge < -0.3 is 5.48 Å². The topological polar surface area (TPSA) is 45.6 Å². The van der Waals surface area contributed by atoms with E-state index < -0.39 is 0 Å². The maximum atomic E-state index is 8.06. The van der Waals surface area contributed by atoms with Crippen LogP contribution in [0.25, 0.3) is 0 Å². The Kier molecular flexibility index (Phi) is 313. The molecule has 0 aliphatic heterocycles. The van der Waals surface area contributed by atoms with Crippen LogP contribution in [-0.4, -0.2) is 10.1 Å². The van der Waals surface area contributed by atoms with Crippen LogP contribution in [0.4, 0.5) is 0 Å². The fraction of sp³-hybridized carbons (Fsp3) is 0. The summed E-state index contributed by atoms with van der Waals surface area (Å²) in [5.74, 6) is 0. The van der Waals surface area contributed by atoms with Crippen LogP contribution in [0.2, 0.25) is 0 Å². The molecule has 0 spiro atoms. The Labute approximate surface area is 42.3 Å². The molecule has 0 heterocycles. The first kappa shape index (κ1) is 22.3. The molecule has 0 atom stereocenters. The molecule has 0 saturated heterocycles. The van der Waals surface area contributed by atoms with E-state index in [1.165, 1.54) is 0 Å². The normalized spacial score (nSPS) is 1.50. The van der Waals surface area contributed by atoms with Crippen LogP contribution in [0.1, 0.15) is 0 Å². The number of rotatable bonds is 0. The fourth-order valence-electron chi connectivity index (χ4n) is 0. The average Bonchev–Trinajstić information content (AvgIpc) is 1.00. The molecule has 0 bridgehead atoms. The first-order valence-electron chi connectivity index (χ1n) is 0.204. The standard InChI is InChI=1S/OSi.O.Ti/c1-2;;/q+2;-2;+4. The second-order valence-electron chi connectivity index (χ2n) is 0. The third kappa shape index (κ3) is 16.1. The predicted octanol–water partition coefficient (Wildman–Crippen LogP) is -0.621. The molecule has 16 valence electrons. The molecule has 0 rings (SSSR count). The molecule has 0 aromatic carbocycles. The maximum Gasteiger partial charge on any atom is 4.00 e. The summed E-state index contributed by atoms with van der Waals surface area (Å²) in [5.41, 5.74) is 0. The van der Waals surface area contributed by atoms with Crippen molar-refractivity contribution in [2.45, 2.75) is 0 Å². The molecule has 0 saturated carbocycles. The van der Waals surface area contributed by atoms with Gasteiger partial charge in [0.2, 0.25) is 0 Å². The Morgan fingerprint density at radius 3 is 1.25 bits per heavy atom. The Hall–Kier alpha value is 0.691. The van der Waals surface area contributed by atoms with Gasteiger partial charge in [0.1, 0.15) is 0 Å². The molecule has 4 heavy (non-hydrogen) atoms. The second-order valence-corrected chi connectivity index (χ2v) is 0. The Morgan fingerprint density at radius 2 is 1.25 bits per heavy atom. The van der Waals surface area contributed by atoms with E-state index in [2.05, 4.69) is 0 Å². The largest absolute Gasteiger partial charge is 4.00 e. The van der Waals surface area contributed by atoms with Crippen molar-refractivity contribution in [3.63, 3.8) is 0 Å². The van der Waals surface area contributed by atoms with Gasteiger partial charge in [-0.05, 0) is 0 Å². The minimum absolute atomic E-state index is 0. The molecule has 0 N–H and O–H groups in total. The molecule has 0 amide bonds. The molecule has 4 heteroatoms. The number of hydrogen-bond donors (Lipinski definition) is 0. The van der Waals surface area contributed by atoms with E-state index >= 15 is 0 Å². The van der Waals surface area contributed by atoms with Gasteiger partial charge in [-0.1, -0.05) is 0 Å². The summed E-state index contributed by atoms with van der Waals surface area (Å²) in [6.45, 7) is 0. The SMILES string of the molecule is O=[Si+2].[O-2].[Ti+4]. The molecule has 2 nitrogen and oxygen atoms in total. The van der Waals surface area contributed by atoms with E-state index in [-0.39, 0.29) is 27.2 Å². The average molecular weight is 108 g/mol. The van der Waals surface area contributed by atoms with Crippen LogP contribution < -0.4 is 0 Å². The zero-order valence-electron chi connectivity index (χ0n) is 1.82. The van der Waals surface area contributed by atoms with Gasteiger partial charge >= 0.3 is 36.3 Å². The molecule has 0 radical (unpaired) electrons. The predicted molar refractivity (Wildman–Crippen MR) is 7.13 cm³/mol. The van der Waals surface area contributed by atoms with Gasteiger partial charge in [0.05, 0.1) is 0 Å². The summed E-state index contributed by atoms with van der Waals surface area (Å²) >= 11 is 0. The summed E-state index contributed by atoms with van der Waals surface area (Å²) in [6.07, 6.45) is 0. The third-order valence-electron chi connectivity index (χ3n) is 0. The van der Waals surface area contributed by atoms with Gasteiger partial charge in [0, 0.05) is 0 Å². The molecular weight excluding hydrogens is 108 g/mol. The maximum absolute atomic E-state index is 8.06. The van der Waals surface area contributed by atoms with E-state index in [1.54, 1.807) is 10.1 Å². The van der Waals surface area contributed by atoms with Crippen molar-refractivity contribution in [2.75, 3.05) is 0 Å². The summed E-state index contributed by atoms with van der Waals surface area (Å²) in [7, 11) is 1.72. The summed E-state index contributed by atoms with van der Waals surface area (Å²) in [6, 6.07) is 0. The van der Waals surface area contributed by atoms with Gasteiger partial charge in [-0.3, -0.25) is 0 Å². The monoisotopic (exact) mass is 108 g/mol. The summed E-state index contributed by atoms with van der Waals surface area (Å²) in [5, 5.41) is 0. The van der Waals surface area contributed by atoms with Gasteiger partial charge in [-0.15, -0.1) is 0 Å². The second kappa shape index (κ2) is 56.0. The van der Waals surface area contributed by atoms with E-state index in [9.17, 15) is 0 Å². The first-order chi connectivity index (χ1) is 1.00. The Morgan fingerprint density at radius 1 is 1.25 bits per heavy atom. The molecule has 0 aliphatic rings. The smallest absolute Gasteiger partial charge is 2.00 e. The van der Waals surface area contributed by atoms with Crippen LogP contribution in [-0.2, 0) is 31.7 Å². The minimum atomic E-state index is 0. The van der Waals surface area contributed by atoms with Crippen LogP contribution in [0.3, 0.4) is 0 Å². The van der Waals surface area contributed by atoms with Crippen LogP contribution >= 0.6 is 0 Å². The van der Waals surface area contributed by atoms with E-state index in [4.69, 9.17) is 4.46 Å². The number of hydrogen-bond acceptors (Lipinski definition) is 1. The van der Waals surface area contributed by atoms with E-state index in [0.29, 0.717) is 0 Å². The molecule has 0 aromatic rings. The third-order valence-corrected chi connectivity index (χ3v) is 0. The van der Waals surface area contributed by atoms with Crippen LogP contribution in [0.15, 0.2) is 0 Å². The molecule has 0 fully saturated rings. The Balaban J connectivity index is -0.00000000500. The van der Waals surface area contributed by atoms with Crippen LogP contribution in [0, 0.1) is 0 Å². The van der Waals surface area contributed by atoms with Crippen molar-refractivity contribution in [3.05, 3.63) is 0 Å². The molecule has 0 unspecified atom stereocenters. The zero-order chi connectivity index (χ0) is 2.00. The zero-order valence-corrected chi connectivity index (χ0v) is 4.38. The van der Waals surface area contributed by atoms with Crippen molar-refractivity contribution in [2.24, 2.45) is 0 Å². The van der Waals surface area contributed by atoms with Crippen molar-refractivity contribution >= 4 is 10.1 Å². The van der Waals surface area contributed by atoms with Crippen molar-refractivity contribution in [1.29, 1.82) is 0 Å². The van der Waals surface area contributed by atoms with Crippen molar-refractivity contribution in [1.82, 2.24) is 0 Å². The van der Waals surface area contributed by atoms with E-state index in [1.807, 2.05) is 0 Å². The Bertz CT molecular complexity index is 6.00. The van der Waals surface area contributed by atoms with Gasteiger partial charge in [-0.2, -0.15) is 0 Å². The quantitative estimate of drug-likeness (QED) is 0.381. The molecule has 0 aromatic heterocycles. The molecule has 0 aliphatic carbocycles. The summed E-state index contributed by atoms with van der Waals surface area (Å²) in [4.78, 5) is 0. The van der Waals surface area contributed by atoms with Gasteiger partial charge in [0.25, 0.3) is 0 Å².